The molecule has 0 aliphatic carbocycles. The van der Waals surface area contributed by atoms with Crippen LogP contribution in [0.25, 0.3) is 16.8 Å². The number of fused-ring (bicyclic) bond motifs is 1. The maximum Gasteiger partial charge on any atom is 0.140 e. The fraction of sp³-hybridized carbons (Fsp3) is 0.133. The highest BCUT2D eigenvalue weighted by Crippen LogP contribution is 2.18. The van der Waals surface area contributed by atoms with Crippen LogP contribution in [0, 0.1) is 0 Å². The van der Waals surface area contributed by atoms with Crippen LogP contribution in [0.5, 0.6) is 0 Å². The molecule has 92 valence electrons. The lowest BCUT2D eigenvalue weighted by atomic mass is 10.1. The van der Waals surface area contributed by atoms with Crippen LogP contribution in [0.1, 0.15) is 5.56 Å². The minimum atomic E-state index is 0.868. The van der Waals surface area contributed by atoms with Crippen molar-refractivity contribution in [1.82, 2.24) is 4.90 Å². The van der Waals surface area contributed by atoms with E-state index in [-0.39, 0.29) is 0 Å². The highest BCUT2D eigenvalue weighted by atomic mass is 32.2. The van der Waals surface area contributed by atoms with Crippen molar-refractivity contribution in [2.24, 2.45) is 0 Å². The lowest BCUT2D eigenvalue weighted by molar-refractivity contribution is 0.648. The van der Waals surface area contributed by atoms with Crippen LogP contribution in [0.15, 0.2) is 47.9 Å². The molecule has 0 unspecified atom stereocenters. The highest BCUT2D eigenvalue weighted by Gasteiger charge is 1.96. The first-order valence-electron chi connectivity index (χ1n) is 5.70. The number of thioether (sulfide) groups is 1. The second-order valence-corrected chi connectivity index (χ2v) is 5.73. The van der Waals surface area contributed by atoms with Crippen molar-refractivity contribution in [3.8, 4) is 0 Å². The SMILES string of the molecule is CN(C)C(=S)S/C=C/c1ccc2ccccc2c1. The molecule has 0 fully saturated rings. The van der Waals surface area contributed by atoms with Gasteiger partial charge in [-0.3, -0.25) is 0 Å². The molecule has 0 aliphatic rings. The second kappa shape index (κ2) is 6.03. The van der Waals surface area contributed by atoms with Crippen LogP contribution in [0.4, 0.5) is 0 Å². The zero-order chi connectivity index (χ0) is 13.0. The van der Waals surface area contributed by atoms with E-state index in [4.69, 9.17) is 12.2 Å². The summed E-state index contributed by atoms with van der Waals surface area (Å²) in [6.45, 7) is 0. The Labute approximate surface area is 117 Å². The minimum Gasteiger partial charge on any atom is -0.363 e. The molecule has 2 rings (SSSR count). The molecule has 0 radical (unpaired) electrons. The third-order valence-corrected chi connectivity index (χ3v) is 4.06. The summed E-state index contributed by atoms with van der Waals surface area (Å²) in [6, 6.07) is 14.8. The van der Waals surface area contributed by atoms with E-state index >= 15 is 0 Å². The topological polar surface area (TPSA) is 3.24 Å². The van der Waals surface area contributed by atoms with Gasteiger partial charge >= 0.3 is 0 Å². The molecule has 0 amide bonds. The maximum atomic E-state index is 5.21. The Morgan fingerprint density at radius 3 is 2.56 bits per heavy atom. The first kappa shape index (κ1) is 13.1. The average molecular weight is 273 g/mol. The Balaban J connectivity index is 2.12. The third kappa shape index (κ3) is 3.34. The van der Waals surface area contributed by atoms with E-state index in [9.17, 15) is 0 Å². The van der Waals surface area contributed by atoms with Crippen LogP contribution < -0.4 is 0 Å². The molecule has 2 aromatic rings. The molecule has 0 spiro atoms. The third-order valence-electron chi connectivity index (χ3n) is 2.57. The predicted octanol–water partition coefficient (Wildman–Crippen LogP) is 4.39. The Morgan fingerprint density at radius 2 is 1.83 bits per heavy atom. The van der Waals surface area contributed by atoms with E-state index < -0.39 is 0 Å². The molecule has 18 heavy (non-hydrogen) atoms. The molecule has 1 nitrogen and oxygen atoms in total. The van der Waals surface area contributed by atoms with Gasteiger partial charge in [-0.2, -0.15) is 0 Å². The second-order valence-electron chi connectivity index (χ2n) is 4.19. The zero-order valence-corrected chi connectivity index (χ0v) is 12.1. The number of benzene rings is 2. The van der Waals surface area contributed by atoms with E-state index in [0.717, 1.165) is 4.32 Å². The smallest absolute Gasteiger partial charge is 0.140 e. The van der Waals surface area contributed by atoms with Gasteiger partial charge in [0.15, 0.2) is 0 Å². The van der Waals surface area contributed by atoms with Gasteiger partial charge in [-0.05, 0) is 33.9 Å². The van der Waals surface area contributed by atoms with E-state index in [1.54, 1.807) is 11.8 Å². The molecular weight excluding hydrogens is 258 g/mol. The maximum absolute atomic E-state index is 5.21. The summed E-state index contributed by atoms with van der Waals surface area (Å²) in [6.07, 6.45) is 2.09. The van der Waals surface area contributed by atoms with Crippen molar-refractivity contribution >= 4 is 45.1 Å². The molecule has 0 saturated heterocycles. The van der Waals surface area contributed by atoms with Crippen molar-refractivity contribution in [2.75, 3.05) is 14.1 Å². The lowest BCUT2D eigenvalue weighted by Crippen LogP contribution is -2.14. The first-order chi connectivity index (χ1) is 8.66. The first-order valence-corrected chi connectivity index (χ1v) is 6.99. The van der Waals surface area contributed by atoms with E-state index in [2.05, 4.69) is 48.5 Å². The van der Waals surface area contributed by atoms with E-state index in [0.29, 0.717) is 0 Å². The normalized spacial score (nSPS) is 11.0. The van der Waals surface area contributed by atoms with Gasteiger partial charge in [0, 0.05) is 14.1 Å². The Bertz CT molecular complexity index is 588. The summed E-state index contributed by atoms with van der Waals surface area (Å²) >= 11 is 6.77. The summed E-state index contributed by atoms with van der Waals surface area (Å²) in [7, 11) is 3.92. The average Bonchev–Trinajstić information content (AvgIpc) is 2.38. The van der Waals surface area contributed by atoms with Crippen molar-refractivity contribution in [1.29, 1.82) is 0 Å². The summed E-state index contributed by atoms with van der Waals surface area (Å²) in [5.41, 5.74) is 1.20. The van der Waals surface area contributed by atoms with Gasteiger partial charge < -0.3 is 4.90 Å². The number of hydrogen-bond acceptors (Lipinski definition) is 2. The van der Waals surface area contributed by atoms with Gasteiger partial charge in [0.25, 0.3) is 0 Å². The largest absolute Gasteiger partial charge is 0.363 e. The standard InChI is InChI=1S/C15H15NS2/c1-16(2)15(17)18-10-9-12-7-8-13-5-3-4-6-14(13)11-12/h3-11H,1-2H3/b10-9+. The monoisotopic (exact) mass is 273 g/mol. The van der Waals surface area contributed by atoms with Gasteiger partial charge in [-0.25, -0.2) is 0 Å². The van der Waals surface area contributed by atoms with Crippen LogP contribution >= 0.6 is 24.0 Å². The minimum absolute atomic E-state index is 0.868. The zero-order valence-electron chi connectivity index (χ0n) is 10.5. The van der Waals surface area contributed by atoms with Gasteiger partial charge in [-0.15, -0.1) is 0 Å². The molecule has 0 heterocycles. The number of hydrogen-bond donors (Lipinski definition) is 0. The number of thiocarbonyl (C=S) groups is 1. The molecule has 0 aromatic heterocycles. The molecule has 0 bridgehead atoms. The summed E-state index contributed by atoms with van der Waals surface area (Å²) < 4.78 is 0.868. The quantitative estimate of drug-likeness (QED) is 0.747. The summed E-state index contributed by atoms with van der Waals surface area (Å²) in [4.78, 5) is 1.94. The van der Waals surface area contributed by atoms with Crippen LogP contribution in [-0.4, -0.2) is 23.3 Å². The van der Waals surface area contributed by atoms with Gasteiger partial charge in [0.2, 0.25) is 0 Å². The molecule has 3 heteroatoms. The molecular formula is C15H15NS2. The van der Waals surface area contributed by atoms with Crippen LogP contribution in [0.2, 0.25) is 0 Å². The van der Waals surface area contributed by atoms with Gasteiger partial charge in [0.05, 0.1) is 0 Å². The molecule has 0 aliphatic heterocycles. The number of nitrogens with zero attached hydrogens (tertiary/aromatic N) is 1. The van der Waals surface area contributed by atoms with Crippen molar-refractivity contribution < 1.29 is 0 Å². The van der Waals surface area contributed by atoms with Crippen LogP contribution in [0.3, 0.4) is 0 Å². The van der Waals surface area contributed by atoms with Crippen molar-refractivity contribution in [3.63, 3.8) is 0 Å². The summed E-state index contributed by atoms with van der Waals surface area (Å²) in [5.74, 6) is 0. The molecule has 0 N–H and O–H groups in total. The molecule has 0 atom stereocenters. The van der Waals surface area contributed by atoms with Crippen molar-refractivity contribution in [2.45, 2.75) is 0 Å². The predicted molar refractivity (Wildman–Crippen MR) is 86.9 cm³/mol. The number of rotatable bonds is 2. The van der Waals surface area contributed by atoms with Crippen molar-refractivity contribution in [3.05, 3.63) is 53.4 Å². The fourth-order valence-electron chi connectivity index (χ4n) is 1.59. The van der Waals surface area contributed by atoms with Gasteiger partial charge in [0.1, 0.15) is 4.32 Å². The Hall–Kier alpha value is -1.32. The Kier molecular flexibility index (Phi) is 4.39. The molecule has 0 saturated carbocycles. The van der Waals surface area contributed by atoms with E-state index in [1.807, 2.05) is 24.4 Å². The van der Waals surface area contributed by atoms with E-state index in [1.165, 1.54) is 16.3 Å². The summed E-state index contributed by atoms with van der Waals surface area (Å²) in [5, 5.41) is 4.57. The molecule has 2 aromatic carbocycles. The van der Waals surface area contributed by atoms with Gasteiger partial charge in [-0.1, -0.05) is 60.4 Å². The Morgan fingerprint density at radius 1 is 1.11 bits per heavy atom. The lowest BCUT2D eigenvalue weighted by Gasteiger charge is -2.09. The fourth-order valence-corrected chi connectivity index (χ4v) is 2.31. The highest BCUT2D eigenvalue weighted by molar-refractivity contribution is 8.24. The van der Waals surface area contributed by atoms with Crippen LogP contribution in [-0.2, 0) is 0 Å².